The van der Waals surface area contributed by atoms with Crippen LogP contribution in [0.3, 0.4) is 0 Å². The molecular formula is C19H27IN4O3. The number of nitrogens with one attached hydrogen (secondary N) is 2. The van der Waals surface area contributed by atoms with Gasteiger partial charge in [-0.15, -0.1) is 24.0 Å². The zero-order valence-electron chi connectivity index (χ0n) is 16.1. The molecule has 2 rings (SSSR count). The number of hydrogen-bond acceptors (Lipinski definition) is 5. The molecule has 0 aliphatic rings. The Kier molecular flexibility index (Phi) is 10.3. The summed E-state index contributed by atoms with van der Waals surface area (Å²) in [6.45, 7) is 3.86. The van der Waals surface area contributed by atoms with Crippen molar-refractivity contribution < 1.29 is 14.2 Å². The van der Waals surface area contributed by atoms with Crippen LogP contribution >= 0.6 is 24.0 Å². The number of halogens is 1. The van der Waals surface area contributed by atoms with Crippen molar-refractivity contribution in [2.24, 2.45) is 4.99 Å². The predicted molar refractivity (Wildman–Crippen MR) is 117 cm³/mol. The van der Waals surface area contributed by atoms with Crippen molar-refractivity contribution in [1.82, 2.24) is 15.6 Å². The molecule has 0 saturated heterocycles. The fourth-order valence-corrected chi connectivity index (χ4v) is 2.42. The lowest BCUT2D eigenvalue weighted by Crippen LogP contribution is -2.37. The van der Waals surface area contributed by atoms with Crippen molar-refractivity contribution in [3.8, 4) is 17.2 Å². The Morgan fingerprint density at radius 3 is 2.26 bits per heavy atom. The standard InChI is InChI=1S/C19H26N4O3.HI/c1-5-20-19(23-13-15-8-6-7-9-21-15)22-12-14-10-16(24-2)18(26-4)17(11-14)25-3;/h6-11H,5,12-13H2,1-4H3,(H2,20,22,23);1H. The van der Waals surface area contributed by atoms with Gasteiger partial charge >= 0.3 is 0 Å². The number of aromatic nitrogens is 1. The number of pyridine rings is 1. The van der Waals surface area contributed by atoms with Gasteiger partial charge in [0.05, 0.1) is 40.1 Å². The van der Waals surface area contributed by atoms with Crippen LogP contribution < -0.4 is 24.8 Å². The molecule has 2 aromatic rings. The Labute approximate surface area is 177 Å². The van der Waals surface area contributed by atoms with E-state index in [0.717, 1.165) is 17.8 Å². The Morgan fingerprint density at radius 1 is 1.04 bits per heavy atom. The maximum absolute atomic E-state index is 5.39. The van der Waals surface area contributed by atoms with Crippen LogP contribution in [0, 0.1) is 0 Å². The van der Waals surface area contributed by atoms with Crippen molar-refractivity contribution in [2.75, 3.05) is 27.9 Å². The molecule has 0 amide bonds. The van der Waals surface area contributed by atoms with Crippen LogP contribution in [0.4, 0.5) is 0 Å². The lowest BCUT2D eigenvalue weighted by atomic mass is 10.2. The van der Waals surface area contributed by atoms with Gasteiger partial charge in [0.25, 0.3) is 0 Å². The molecule has 27 heavy (non-hydrogen) atoms. The third kappa shape index (κ3) is 6.78. The third-order valence-corrected chi connectivity index (χ3v) is 3.65. The summed E-state index contributed by atoms with van der Waals surface area (Å²) in [5, 5.41) is 6.50. The first-order chi connectivity index (χ1) is 12.7. The van der Waals surface area contributed by atoms with Crippen molar-refractivity contribution >= 4 is 29.9 Å². The lowest BCUT2D eigenvalue weighted by molar-refractivity contribution is 0.324. The second-order valence-electron chi connectivity index (χ2n) is 5.40. The van der Waals surface area contributed by atoms with Crippen molar-refractivity contribution in [3.05, 3.63) is 47.8 Å². The van der Waals surface area contributed by atoms with E-state index < -0.39 is 0 Å². The van der Waals surface area contributed by atoms with E-state index in [1.165, 1.54) is 0 Å². The van der Waals surface area contributed by atoms with E-state index in [2.05, 4.69) is 20.6 Å². The quantitative estimate of drug-likeness (QED) is 0.340. The summed E-state index contributed by atoms with van der Waals surface area (Å²) < 4.78 is 16.1. The molecule has 2 N–H and O–H groups in total. The number of aliphatic imine (C=N–C) groups is 1. The number of nitrogens with zero attached hydrogens (tertiary/aromatic N) is 2. The summed E-state index contributed by atoms with van der Waals surface area (Å²) in [6, 6.07) is 9.62. The van der Waals surface area contributed by atoms with Crippen LogP contribution in [-0.4, -0.2) is 38.8 Å². The van der Waals surface area contributed by atoms with Crippen molar-refractivity contribution in [1.29, 1.82) is 0 Å². The van der Waals surface area contributed by atoms with E-state index in [0.29, 0.717) is 36.3 Å². The molecule has 7 nitrogen and oxygen atoms in total. The topological polar surface area (TPSA) is 77.0 Å². The van der Waals surface area contributed by atoms with Gasteiger partial charge in [0.2, 0.25) is 5.75 Å². The number of benzene rings is 1. The molecule has 0 radical (unpaired) electrons. The maximum Gasteiger partial charge on any atom is 0.203 e. The average molecular weight is 486 g/mol. The SMILES string of the molecule is CCNC(=NCc1cc(OC)c(OC)c(OC)c1)NCc1ccccn1.I. The monoisotopic (exact) mass is 486 g/mol. The number of hydrogen-bond donors (Lipinski definition) is 2. The van der Waals surface area contributed by atoms with Gasteiger partial charge < -0.3 is 24.8 Å². The zero-order valence-corrected chi connectivity index (χ0v) is 18.4. The summed E-state index contributed by atoms with van der Waals surface area (Å²) in [6.07, 6.45) is 1.77. The van der Waals surface area contributed by atoms with Crippen LogP contribution in [0.5, 0.6) is 17.2 Å². The molecule has 1 aromatic heterocycles. The molecule has 1 heterocycles. The minimum atomic E-state index is 0. The third-order valence-electron chi connectivity index (χ3n) is 3.65. The molecule has 0 aliphatic heterocycles. The first kappa shape index (κ1) is 22.8. The summed E-state index contributed by atoms with van der Waals surface area (Å²) in [7, 11) is 4.79. The van der Waals surface area contributed by atoms with Gasteiger partial charge in [-0.3, -0.25) is 4.98 Å². The average Bonchev–Trinajstić information content (AvgIpc) is 2.69. The summed E-state index contributed by atoms with van der Waals surface area (Å²) in [5.41, 5.74) is 1.90. The zero-order chi connectivity index (χ0) is 18.8. The number of rotatable bonds is 8. The smallest absolute Gasteiger partial charge is 0.203 e. The number of methoxy groups -OCH3 is 3. The number of guanidine groups is 1. The first-order valence-corrected chi connectivity index (χ1v) is 8.42. The van der Waals surface area contributed by atoms with E-state index in [9.17, 15) is 0 Å². The molecule has 0 spiro atoms. The van der Waals surface area contributed by atoms with E-state index in [-0.39, 0.29) is 24.0 Å². The van der Waals surface area contributed by atoms with Gasteiger partial charge in [0, 0.05) is 12.7 Å². The maximum atomic E-state index is 5.39. The Balaban J connectivity index is 0.00000364. The van der Waals surface area contributed by atoms with Crippen LogP contribution in [-0.2, 0) is 13.1 Å². The minimum absolute atomic E-state index is 0. The second-order valence-corrected chi connectivity index (χ2v) is 5.40. The Hall–Kier alpha value is -2.23. The van der Waals surface area contributed by atoms with Crippen LogP contribution in [0.25, 0.3) is 0 Å². The van der Waals surface area contributed by atoms with E-state index in [4.69, 9.17) is 14.2 Å². The Bertz CT molecular complexity index is 701. The van der Waals surface area contributed by atoms with E-state index >= 15 is 0 Å². The minimum Gasteiger partial charge on any atom is -0.493 e. The van der Waals surface area contributed by atoms with Gasteiger partial charge in [-0.1, -0.05) is 6.07 Å². The highest BCUT2D eigenvalue weighted by Crippen LogP contribution is 2.38. The number of ether oxygens (including phenoxy) is 3. The van der Waals surface area contributed by atoms with Gasteiger partial charge in [-0.05, 0) is 36.8 Å². The molecule has 0 atom stereocenters. The molecule has 0 fully saturated rings. The van der Waals surface area contributed by atoms with Crippen LogP contribution in [0.2, 0.25) is 0 Å². The van der Waals surface area contributed by atoms with Gasteiger partial charge in [0.1, 0.15) is 0 Å². The highest BCUT2D eigenvalue weighted by Gasteiger charge is 2.13. The Morgan fingerprint density at radius 2 is 1.74 bits per heavy atom. The predicted octanol–water partition coefficient (Wildman–Crippen LogP) is 2.98. The van der Waals surface area contributed by atoms with Gasteiger partial charge in [-0.2, -0.15) is 0 Å². The summed E-state index contributed by atoms with van der Waals surface area (Å²) in [5.74, 6) is 2.52. The molecule has 0 saturated carbocycles. The fourth-order valence-electron chi connectivity index (χ4n) is 2.42. The highest BCUT2D eigenvalue weighted by atomic mass is 127. The molecule has 1 aromatic carbocycles. The second kappa shape index (κ2) is 12.2. The molecule has 0 bridgehead atoms. The molecule has 8 heteroatoms. The summed E-state index contributed by atoms with van der Waals surface area (Å²) >= 11 is 0. The largest absolute Gasteiger partial charge is 0.493 e. The van der Waals surface area contributed by atoms with E-state index in [1.54, 1.807) is 27.5 Å². The van der Waals surface area contributed by atoms with Crippen molar-refractivity contribution in [3.63, 3.8) is 0 Å². The lowest BCUT2D eigenvalue weighted by Gasteiger charge is -2.14. The highest BCUT2D eigenvalue weighted by molar-refractivity contribution is 14.0. The summed E-state index contributed by atoms with van der Waals surface area (Å²) in [4.78, 5) is 8.92. The van der Waals surface area contributed by atoms with E-state index in [1.807, 2.05) is 37.3 Å². The van der Waals surface area contributed by atoms with Crippen LogP contribution in [0.1, 0.15) is 18.2 Å². The normalized spacial score (nSPS) is 10.6. The van der Waals surface area contributed by atoms with Crippen LogP contribution in [0.15, 0.2) is 41.5 Å². The molecular weight excluding hydrogens is 459 g/mol. The van der Waals surface area contributed by atoms with Gasteiger partial charge in [0.15, 0.2) is 17.5 Å². The first-order valence-electron chi connectivity index (χ1n) is 8.42. The molecule has 0 aliphatic carbocycles. The van der Waals surface area contributed by atoms with Gasteiger partial charge in [-0.25, -0.2) is 4.99 Å². The molecule has 148 valence electrons. The van der Waals surface area contributed by atoms with Crippen molar-refractivity contribution in [2.45, 2.75) is 20.0 Å². The molecule has 0 unspecified atom stereocenters. The fraction of sp³-hybridized carbons (Fsp3) is 0.368.